The van der Waals surface area contributed by atoms with Gasteiger partial charge < -0.3 is 14.6 Å². The molecule has 1 unspecified atom stereocenters. The molecular weight excluding hydrogens is 446 g/mol. The Balaban J connectivity index is 2.37. The second-order valence-corrected chi connectivity index (χ2v) is 7.83. The van der Waals surface area contributed by atoms with Crippen LogP contribution in [0.3, 0.4) is 0 Å². The predicted octanol–water partition coefficient (Wildman–Crippen LogP) is 5.11. The summed E-state index contributed by atoms with van der Waals surface area (Å²) in [5.74, 6) is -2.04. The second-order valence-electron chi connectivity index (χ2n) is 7.40. The van der Waals surface area contributed by atoms with Crippen LogP contribution in [-0.2, 0) is 19.9 Å². The molecule has 8 heteroatoms. The molecule has 0 aliphatic rings. The monoisotopic (exact) mass is 469 g/mol. The average Bonchev–Trinajstić information content (AvgIpc) is 3.08. The summed E-state index contributed by atoms with van der Waals surface area (Å²) in [4.78, 5) is 38.5. The van der Waals surface area contributed by atoms with Crippen LogP contribution in [0.1, 0.15) is 41.9 Å². The Morgan fingerprint density at radius 2 is 1.82 bits per heavy atom. The van der Waals surface area contributed by atoms with Crippen LogP contribution in [0.4, 0.5) is 0 Å². The number of halogens is 1. The van der Waals surface area contributed by atoms with E-state index >= 15 is 0 Å². The summed E-state index contributed by atoms with van der Waals surface area (Å²) in [7, 11) is 1.49. The summed E-state index contributed by atoms with van der Waals surface area (Å²) in [6, 6.07) is 11.4. The number of methoxy groups -OCH3 is 1. The van der Waals surface area contributed by atoms with Crippen LogP contribution in [0.5, 0.6) is 5.75 Å². The van der Waals surface area contributed by atoms with Crippen molar-refractivity contribution in [1.29, 1.82) is 0 Å². The summed E-state index contributed by atoms with van der Waals surface area (Å²) in [6.45, 7) is 4.87. The first-order valence-electron chi connectivity index (χ1n) is 10.3. The van der Waals surface area contributed by atoms with Crippen molar-refractivity contribution in [3.8, 4) is 5.75 Å². The van der Waals surface area contributed by atoms with Crippen molar-refractivity contribution in [2.75, 3.05) is 7.11 Å². The number of fused-ring (bicyclic) bond motifs is 1. The zero-order chi connectivity index (χ0) is 24.3. The van der Waals surface area contributed by atoms with E-state index < -0.39 is 17.5 Å². The highest BCUT2D eigenvalue weighted by Gasteiger charge is 2.47. The highest BCUT2D eigenvalue weighted by Crippen LogP contribution is 2.41. The van der Waals surface area contributed by atoms with Gasteiger partial charge in [-0.05, 0) is 62.7 Å². The molecule has 1 atom stereocenters. The van der Waals surface area contributed by atoms with Gasteiger partial charge in [0.2, 0.25) is 5.60 Å². The number of allylic oxidation sites excluding steroid dienone is 1. The first-order valence-corrected chi connectivity index (χ1v) is 10.7. The summed E-state index contributed by atoms with van der Waals surface area (Å²) >= 11 is 5.96. The van der Waals surface area contributed by atoms with Crippen molar-refractivity contribution >= 4 is 40.3 Å². The highest BCUT2D eigenvalue weighted by atomic mass is 35.5. The fraction of sp³-hybridized carbons (Fsp3) is 0.240. The lowest BCUT2D eigenvalue weighted by Gasteiger charge is -2.28. The van der Waals surface area contributed by atoms with Crippen LogP contribution in [-0.4, -0.2) is 34.6 Å². The summed E-state index contributed by atoms with van der Waals surface area (Å²) in [5, 5.41) is 11.2. The normalized spacial score (nSPS) is 13.1. The topological polar surface area (TPSA) is 94.8 Å². The Hall–Kier alpha value is -3.58. The van der Waals surface area contributed by atoms with E-state index in [-0.39, 0.29) is 17.9 Å². The minimum absolute atomic E-state index is 0.0576. The number of hydrogen-bond donors (Lipinski definition) is 1. The maximum absolute atomic E-state index is 13.5. The third-order valence-corrected chi connectivity index (χ3v) is 5.78. The standard InChI is InChI=1S/C25H24ClNO6/c1-5-7-21(28)33-25(6-2,24(30)31)22-15(3)27(20-13-12-18(32-4)14-19(20)22)23(29)16-8-10-17(26)11-9-16/h5,7-14H,6H2,1-4H3,(H,30,31)/b7-5+. The highest BCUT2D eigenvalue weighted by molar-refractivity contribution is 6.30. The molecule has 0 amide bonds. The van der Waals surface area contributed by atoms with Crippen LogP contribution >= 0.6 is 11.6 Å². The Morgan fingerprint density at radius 3 is 2.36 bits per heavy atom. The third kappa shape index (κ3) is 4.24. The van der Waals surface area contributed by atoms with Crippen molar-refractivity contribution < 1.29 is 29.0 Å². The van der Waals surface area contributed by atoms with Gasteiger partial charge in [0.05, 0.1) is 12.6 Å². The van der Waals surface area contributed by atoms with E-state index in [2.05, 4.69) is 0 Å². The first-order chi connectivity index (χ1) is 15.7. The van der Waals surface area contributed by atoms with Crippen molar-refractivity contribution in [2.24, 2.45) is 0 Å². The number of aromatic nitrogens is 1. The maximum Gasteiger partial charge on any atom is 0.353 e. The molecule has 0 saturated heterocycles. The van der Waals surface area contributed by atoms with Crippen LogP contribution < -0.4 is 4.74 Å². The van der Waals surface area contributed by atoms with Crippen LogP contribution in [0.25, 0.3) is 10.9 Å². The molecule has 3 rings (SSSR count). The Bertz CT molecular complexity index is 1260. The van der Waals surface area contributed by atoms with Crippen molar-refractivity contribution in [1.82, 2.24) is 4.57 Å². The molecule has 2 aromatic carbocycles. The molecule has 0 spiro atoms. The van der Waals surface area contributed by atoms with Gasteiger partial charge in [0.25, 0.3) is 5.91 Å². The number of aliphatic carboxylic acids is 1. The molecule has 1 N–H and O–H groups in total. The molecule has 7 nitrogen and oxygen atoms in total. The van der Waals surface area contributed by atoms with Gasteiger partial charge in [-0.1, -0.05) is 24.6 Å². The zero-order valence-corrected chi connectivity index (χ0v) is 19.5. The smallest absolute Gasteiger partial charge is 0.353 e. The summed E-state index contributed by atoms with van der Waals surface area (Å²) < 4.78 is 12.3. The minimum atomic E-state index is -2.02. The van der Waals surface area contributed by atoms with Gasteiger partial charge in [-0.25, -0.2) is 9.59 Å². The van der Waals surface area contributed by atoms with Gasteiger partial charge in [-0.2, -0.15) is 0 Å². The van der Waals surface area contributed by atoms with Crippen LogP contribution in [0, 0.1) is 6.92 Å². The number of nitrogens with zero attached hydrogens (tertiary/aromatic N) is 1. The molecular formula is C25H24ClNO6. The Labute approximate surface area is 196 Å². The van der Waals surface area contributed by atoms with Gasteiger partial charge in [0, 0.05) is 33.3 Å². The number of ether oxygens (including phenoxy) is 2. The number of esters is 1. The third-order valence-electron chi connectivity index (χ3n) is 5.53. The van der Waals surface area contributed by atoms with E-state index in [1.807, 2.05) is 0 Å². The molecule has 0 radical (unpaired) electrons. The SMILES string of the molecule is C/C=C/C(=O)OC(CC)(C(=O)O)c1c(C)n(C(=O)c2ccc(Cl)cc2)c2ccc(OC)cc12. The summed E-state index contributed by atoms with van der Waals surface area (Å²) in [6.07, 6.45) is 2.56. The quantitative estimate of drug-likeness (QED) is 0.381. The average molecular weight is 470 g/mol. The van der Waals surface area contributed by atoms with E-state index in [0.717, 1.165) is 6.08 Å². The first kappa shape index (κ1) is 24.1. The number of rotatable bonds is 7. The Morgan fingerprint density at radius 1 is 1.15 bits per heavy atom. The number of carboxylic acids is 1. The lowest BCUT2D eigenvalue weighted by Crippen LogP contribution is -2.40. The van der Waals surface area contributed by atoms with E-state index in [1.54, 1.807) is 63.2 Å². The molecule has 3 aromatic rings. The van der Waals surface area contributed by atoms with E-state index in [9.17, 15) is 19.5 Å². The van der Waals surface area contributed by atoms with Crippen molar-refractivity contribution in [3.63, 3.8) is 0 Å². The number of carbonyl (C=O) groups is 3. The van der Waals surface area contributed by atoms with Crippen molar-refractivity contribution in [2.45, 2.75) is 32.8 Å². The molecule has 0 aliphatic carbocycles. The largest absolute Gasteiger partial charge is 0.497 e. The molecule has 33 heavy (non-hydrogen) atoms. The fourth-order valence-electron chi connectivity index (χ4n) is 3.96. The maximum atomic E-state index is 13.5. The molecule has 1 aromatic heterocycles. The number of benzene rings is 2. The molecule has 0 fully saturated rings. The van der Waals surface area contributed by atoms with Gasteiger partial charge in [0.15, 0.2) is 0 Å². The number of carboxylic acid groups (broad SMARTS) is 1. The van der Waals surface area contributed by atoms with E-state index in [1.165, 1.54) is 17.8 Å². The van der Waals surface area contributed by atoms with Gasteiger partial charge in [0.1, 0.15) is 5.75 Å². The van der Waals surface area contributed by atoms with E-state index in [0.29, 0.717) is 32.9 Å². The van der Waals surface area contributed by atoms with E-state index in [4.69, 9.17) is 21.1 Å². The van der Waals surface area contributed by atoms with Gasteiger partial charge in [-0.3, -0.25) is 9.36 Å². The van der Waals surface area contributed by atoms with Gasteiger partial charge >= 0.3 is 11.9 Å². The molecule has 1 heterocycles. The summed E-state index contributed by atoms with van der Waals surface area (Å²) in [5.41, 5.74) is -0.631. The molecule has 0 bridgehead atoms. The lowest BCUT2D eigenvalue weighted by molar-refractivity contribution is -0.177. The minimum Gasteiger partial charge on any atom is -0.497 e. The lowest BCUT2D eigenvalue weighted by atomic mass is 9.88. The van der Waals surface area contributed by atoms with Crippen LogP contribution in [0.15, 0.2) is 54.6 Å². The Kier molecular flexibility index (Phi) is 6.93. The van der Waals surface area contributed by atoms with Crippen LogP contribution in [0.2, 0.25) is 5.02 Å². The van der Waals surface area contributed by atoms with Crippen molar-refractivity contribution in [3.05, 3.63) is 76.5 Å². The fourth-order valence-corrected chi connectivity index (χ4v) is 4.09. The second kappa shape index (κ2) is 9.50. The zero-order valence-electron chi connectivity index (χ0n) is 18.7. The predicted molar refractivity (Wildman–Crippen MR) is 125 cm³/mol. The number of hydrogen-bond acceptors (Lipinski definition) is 5. The molecule has 0 aliphatic heterocycles. The van der Waals surface area contributed by atoms with Gasteiger partial charge in [-0.15, -0.1) is 0 Å². The molecule has 0 saturated carbocycles. The number of carbonyl (C=O) groups excluding carboxylic acids is 2. The molecule has 172 valence electrons.